The monoisotopic (exact) mass is 258 g/mol. The van der Waals surface area contributed by atoms with Crippen molar-refractivity contribution in [1.82, 2.24) is 15.2 Å². The van der Waals surface area contributed by atoms with Crippen molar-refractivity contribution in [2.24, 2.45) is 0 Å². The molecule has 18 heavy (non-hydrogen) atoms. The molecule has 0 saturated heterocycles. The van der Waals surface area contributed by atoms with E-state index in [1.807, 2.05) is 19.1 Å². The number of aryl methyl sites for hydroxylation is 1. The smallest absolute Gasteiger partial charge is 0.210 e. The molecular weight excluding hydrogens is 244 g/mol. The van der Waals surface area contributed by atoms with Crippen LogP contribution in [-0.4, -0.2) is 20.4 Å². The fraction of sp³-hybridized carbons (Fsp3) is 0.308. The summed E-state index contributed by atoms with van der Waals surface area (Å²) in [5, 5.41) is 16.2. The largest absolute Gasteiger partial charge is 0.258 e. The number of rotatable bonds is 4. The Balaban J connectivity index is 2.16. The molecule has 5 heteroatoms. The molecule has 0 fully saturated rings. The SMILES string of the molecule is CCc1ccc(-c2nc(S[C@H](C)C#N)n[nH]2)cc1. The minimum Gasteiger partial charge on any atom is -0.258 e. The summed E-state index contributed by atoms with van der Waals surface area (Å²) in [6.45, 7) is 3.96. The number of aromatic amines is 1. The molecule has 0 saturated carbocycles. The summed E-state index contributed by atoms with van der Waals surface area (Å²) in [6.07, 6.45) is 1.03. The van der Waals surface area contributed by atoms with E-state index >= 15 is 0 Å². The summed E-state index contributed by atoms with van der Waals surface area (Å²) in [5.74, 6) is 0.741. The van der Waals surface area contributed by atoms with Gasteiger partial charge < -0.3 is 0 Å². The third-order valence-electron chi connectivity index (χ3n) is 2.56. The highest BCUT2D eigenvalue weighted by atomic mass is 32.2. The molecule has 0 aliphatic rings. The minimum atomic E-state index is -0.142. The van der Waals surface area contributed by atoms with Gasteiger partial charge >= 0.3 is 0 Å². The second-order valence-corrected chi connectivity index (χ2v) is 5.21. The number of hydrogen-bond acceptors (Lipinski definition) is 4. The first-order valence-electron chi connectivity index (χ1n) is 5.81. The van der Waals surface area contributed by atoms with Gasteiger partial charge in [0.25, 0.3) is 0 Å². The Labute approximate surface area is 110 Å². The normalized spacial score (nSPS) is 12.1. The van der Waals surface area contributed by atoms with Crippen molar-refractivity contribution in [3.05, 3.63) is 29.8 Å². The van der Waals surface area contributed by atoms with Gasteiger partial charge in [0.2, 0.25) is 5.16 Å². The second kappa shape index (κ2) is 5.69. The van der Waals surface area contributed by atoms with Crippen molar-refractivity contribution >= 4 is 11.8 Å². The predicted octanol–water partition coefficient (Wildman–Crippen LogP) is 3.04. The number of benzene rings is 1. The van der Waals surface area contributed by atoms with Gasteiger partial charge in [-0.05, 0) is 18.9 Å². The van der Waals surface area contributed by atoms with Gasteiger partial charge in [0.1, 0.15) is 0 Å². The zero-order chi connectivity index (χ0) is 13.0. The van der Waals surface area contributed by atoms with Crippen LogP contribution in [0.15, 0.2) is 29.4 Å². The molecule has 4 nitrogen and oxygen atoms in total. The molecule has 0 radical (unpaired) electrons. The average Bonchev–Trinajstić information content (AvgIpc) is 2.87. The summed E-state index contributed by atoms with van der Waals surface area (Å²) in [6, 6.07) is 10.4. The Bertz CT molecular complexity index is 553. The number of nitrogens with one attached hydrogen (secondary N) is 1. The standard InChI is InChI=1S/C13H14N4S/c1-3-10-4-6-11(7-5-10)12-15-13(17-16-12)18-9(2)8-14/h4-7,9H,3H2,1-2H3,(H,15,16,17)/t9-/m1/s1. The van der Waals surface area contributed by atoms with Crippen LogP contribution in [0.25, 0.3) is 11.4 Å². The lowest BCUT2D eigenvalue weighted by Gasteiger charge is -1.98. The van der Waals surface area contributed by atoms with Crippen LogP contribution in [0.1, 0.15) is 19.4 Å². The Morgan fingerprint density at radius 2 is 2.11 bits per heavy atom. The molecule has 0 amide bonds. The average molecular weight is 258 g/mol. The molecule has 0 spiro atoms. The molecule has 0 bridgehead atoms. The fourth-order valence-electron chi connectivity index (χ4n) is 1.51. The van der Waals surface area contributed by atoms with Crippen molar-refractivity contribution in [1.29, 1.82) is 5.26 Å². The number of hydrogen-bond donors (Lipinski definition) is 1. The van der Waals surface area contributed by atoms with Gasteiger partial charge in [-0.1, -0.05) is 43.0 Å². The topological polar surface area (TPSA) is 65.4 Å². The molecule has 2 rings (SSSR count). The quantitative estimate of drug-likeness (QED) is 0.856. The van der Waals surface area contributed by atoms with E-state index in [-0.39, 0.29) is 5.25 Å². The molecule has 0 unspecified atom stereocenters. The molecule has 1 aromatic heterocycles. The first kappa shape index (κ1) is 12.7. The van der Waals surface area contributed by atoms with E-state index in [1.165, 1.54) is 17.3 Å². The first-order valence-corrected chi connectivity index (χ1v) is 6.69. The van der Waals surface area contributed by atoms with E-state index in [0.717, 1.165) is 17.8 Å². The lowest BCUT2D eigenvalue weighted by Crippen LogP contribution is -1.90. The Hall–Kier alpha value is -1.80. The van der Waals surface area contributed by atoms with Crippen molar-refractivity contribution in [3.63, 3.8) is 0 Å². The van der Waals surface area contributed by atoms with E-state index in [1.54, 1.807) is 0 Å². The third-order valence-corrected chi connectivity index (χ3v) is 3.42. The van der Waals surface area contributed by atoms with Gasteiger partial charge in [0, 0.05) is 5.56 Å². The van der Waals surface area contributed by atoms with Gasteiger partial charge in [-0.2, -0.15) is 5.26 Å². The van der Waals surface area contributed by atoms with Crippen LogP contribution in [0.3, 0.4) is 0 Å². The maximum Gasteiger partial charge on any atom is 0.210 e. The van der Waals surface area contributed by atoms with Crippen LogP contribution in [0.2, 0.25) is 0 Å². The number of H-pyrrole nitrogens is 1. The molecule has 1 heterocycles. The van der Waals surface area contributed by atoms with Crippen molar-refractivity contribution < 1.29 is 0 Å². The zero-order valence-corrected chi connectivity index (χ0v) is 11.2. The van der Waals surface area contributed by atoms with E-state index in [9.17, 15) is 0 Å². The van der Waals surface area contributed by atoms with E-state index < -0.39 is 0 Å². The second-order valence-electron chi connectivity index (χ2n) is 3.91. The van der Waals surface area contributed by atoms with Gasteiger partial charge in [-0.3, -0.25) is 5.10 Å². The predicted molar refractivity (Wildman–Crippen MR) is 72.1 cm³/mol. The van der Waals surface area contributed by atoms with Gasteiger partial charge in [-0.15, -0.1) is 5.10 Å². The van der Waals surface area contributed by atoms with Crippen LogP contribution in [0.4, 0.5) is 0 Å². The number of nitrogens with zero attached hydrogens (tertiary/aromatic N) is 3. The lowest BCUT2D eigenvalue weighted by molar-refractivity contribution is 0.969. The molecule has 1 aromatic carbocycles. The zero-order valence-electron chi connectivity index (χ0n) is 10.3. The fourth-order valence-corrected chi connectivity index (χ4v) is 2.12. The summed E-state index contributed by atoms with van der Waals surface area (Å²) < 4.78 is 0. The Morgan fingerprint density at radius 3 is 2.72 bits per heavy atom. The highest BCUT2D eigenvalue weighted by Crippen LogP contribution is 2.22. The van der Waals surface area contributed by atoms with E-state index in [0.29, 0.717) is 5.16 Å². The summed E-state index contributed by atoms with van der Waals surface area (Å²) in [4.78, 5) is 4.37. The highest BCUT2D eigenvalue weighted by molar-refractivity contribution is 8.00. The van der Waals surface area contributed by atoms with Gasteiger partial charge in [0.15, 0.2) is 5.82 Å². The van der Waals surface area contributed by atoms with Gasteiger partial charge in [-0.25, -0.2) is 4.98 Å². The van der Waals surface area contributed by atoms with Crippen LogP contribution >= 0.6 is 11.8 Å². The molecular formula is C13H14N4S. The van der Waals surface area contributed by atoms with E-state index in [2.05, 4.69) is 40.3 Å². The maximum atomic E-state index is 8.74. The Kier molecular flexibility index (Phi) is 4.00. The lowest BCUT2D eigenvalue weighted by atomic mass is 10.1. The van der Waals surface area contributed by atoms with Crippen molar-refractivity contribution in [2.45, 2.75) is 30.7 Å². The molecule has 0 aliphatic carbocycles. The van der Waals surface area contributed by atoms with Crippen LogP contribution in [0, 0.1) is 11.3 Å². The van der Waals surface area contributed by atoms with Crippen LogP contribution in [0.5, 0.6) is 0 Å². The van der Waals surface area contributed by atoms with Crippen molar-refractivity contribution in [3.8, 4) is 17.5 Å². The third kappa shape index (κ3) is 2.90. The first-order chi connectivity index (χ1) is 8.72. The van der Waals surface area contributed by atoms with Crippen LogP contribution in [-0.2, 0) is 6.42 Å². The summed E-state index contributed by atoms with van der Waals surface area (Å²) in [5.41, 5.74) is 2.31. The van der Waals surface area contributed by atoms with Gasteiger partial charge in [0.05, 0.1) is 11.3 Å². The summed E-state index contributed by atoms with van der Waals surface area (Å²) >= 11 is 1.35. The highest BCUT2D eigenvalue weighted by Gasteiger charge is 2.09. The van der Waals surface area contributed by atoms with E-state index in [4.69, 9.17) is 5.26 Å². The molecule has 0 aliphatic heterocycles. The Morgan fingerprint density at radius 1 is 1.39 bits per heavy atom. The molecule has 92 valence electrons. The number of thioether (sulfide) groups is 1. The molecule has 1 atom stereocenters. The minimum absolute atomic E-state index is 0.142. The maximum absolute atomic E-state index is 8.74. The molecule has 2 aromatic rings. The molecule has 1 N–H and O–H groups in total. The number of aromatic nitrogens is 3. The summed E-state index contributed by atoms with van der Waals surface area (Å²) in [7, 11) is 0. The van der Waals surface area contributed by atoms with Crippen LogP contribution < -0.4 is 0 Å². The number of nitriles is 1. The van der Waals surface area contributed by atoms with Crippen molar-refractivity contribution in [2.75, 3.05) is 0 Å².